The number of aromatic nitrogens is 1. The molecule has 5 nitrogen and oxygen atoms in total. The first-order valence-electron chi connectivity index (χ1n) is 5.24. The standard InChI is InChI=1S/C11H16N2O3/c1-3-10(16-4-2)11(15)13-8-5-6-12-7-9(8)14/h5-7,10,14H,3-4H2,1-2H3,(H,12,13,15)/t10-/m1/s1. The van der Waals surface area contributed by atoms with Crippen molar-refractivity contribution in [3.05, 3.63) is 18.5 Å². The molecule has 0 aliphatic heterocycles. The summed E-state index contributed by atoms with van der Waals surface area (Å²) in [5.74, 6) is -0.312. The lowest BCUT2D eigenvalue weighted by Gasteiger charge is -2.15. The zero-order chi connectivity index (χ0) is 12.0. The highest BCUT2D eigenvalue weighted by Gasteiger charge is 2.17. The highest BCUT2D eigenvalue weighted by molar-refractivity contribution is 5.95. The van der Waals surface area contributed by atoms with Crippen LogP contribution in [0, 0.1) is 0 Å². The molecule has 0 aliphatic carbocycles. The Labute approximate surface area is 94.5 Å². The Morgan fingerprint density at radius 2 is 2.38 bits per heavy atom. The number of carbonyl (C=O) groups is 1. The van der Waals surface area contributed by atoms with Crippen LogP contribution >= 0.6 is 0 Å². The van der Waals surface area contributed by atoms with Gasteiger partial charge < -0.3 is 15.2 Å². The quantitative estimate of drug-likeness (QED) is 0.795. The van der Waals surface area contributed by atoms with Crippen LogP contribution in [0.2, 0.25) is 0 Å². The highest BCUT2D eigenvalue weighted by Crippen LogP contribution is 2.20. The lowest BCUT2D eigenvalue weighted by atomic mass is 10.2. The molecule has 1 atom stereocenters. The minimum Gasteiger partial charge on any atom is -0.504 e. The number of nitrogens with zero attached hydrogens (tertiary/aromatic N) is 1. The second-order valence-electron chi connectivity index (χ2n) is 3.23. The zero-order valence-electron chi connectivity index (χ0n) is 9.43. The Bertz CT molecular complexity index is 355. The van der Waals surface area contributed by atoms with E-state index in [0.29, 0.717) is 18.7 Å². The van der Waals surface area contributed by atoms with Gasteiger partial charge in [0, 0.05) is 12.8 Å². The van der Waals surface area contributed by atoms with Crippen LogP contribution in [-0.2, 0) is 9.53 Å². The molecule has 0 spiro atoms. The minimum absolute atomic E-state index is 0.0535. The Kier molecular flexibility index (Phi) is 4.72. The maximum absolute atomic E-state index is 11.7. The molecule has 0 unspecified atom stereocenters. The van der Waals surface area contributed by atoms with Crippen LogP contribution < -0.4 is 5.32 Å². The zero-order valence-corrected chi connectivity index (χ0v) is 9.43. The maximum Gasteiger partial charge on any atom is 0.253 e. The number of ether oxygens (including phenoxy) is 1. The molecule has 0 aromatic carbocycles. The number of carbonyl (C=O) groups excluding carboxylic acids is 1. The molecule has 0 bridgehead atoms. The number of amides is 1. The summed E-state index contributed by atoms with van der Waals surface area (Å²) in [4.78, 5) is 15.4. The number of rotatable bonds is 5. The first-order chi connectivity index (χ1) is 7.69. The van der Waals surface area contributed by atoms with E-state index in [2.05, 4.69) is 10.3 Å². The normalized spacial score (nSPS) is 12.1. The summed E-state index contributed by atoms with van der Waals surface area (Å²) in [6, 6.07) is 1.53. The van der Waals surface area contributed by atoms with Gasteiger partial charge in [0.15, 0.2) is 5.75 Å². The van der Waals surface area contributed by atoms with Gasteiger partial charge in [0.2, 0.25) is 0 Å². The monoisotopic (exact) mass is 224 g/mol. The second-order valence-corrected chi connectivity index (χ2v) is 3.23. The highest BCUT2D eigenvalue weighted by atomic mass is 16.5. The van der Waals surface area contributed by atoms with E-state index in [9.17, 15) is 9.90 Å². The Hall–Kier alpha value is -1.62. The van der Waals surface area contributed by atoms with Crippen molar-refractivity contribution >= 4 is 11.6 Å². The van der Waals surface area contributed by atoms with Crippen LogP contribution in [0.4, 0.5) is 5.69 Å². The van der Waals surface area contributed by atoms with Gasteiger partial charge in [-0.3, -0.25) is 9.78 Å². The molecule has 0 aliphatic rings. The van der Waals surface area contributed by atoms with Crippen molar-refractivity contribution in [2.45, 2.75) is 26.4 Å². The lowest BCUT2D eigenvalue weighted by Crippen LogP contribution is -2.29. The molecule has 5 heteroatoms. The van der Waals surface area contributed by atoms with Crippen LogP contribution in [0.3, 0.4) is 0 Å². The van der Waals surface area contributed by atoms with Crippen molar-refractivity contribution in [3.8, 4) is 5.75 Å². The fourth-order valence-electron chi connectivity index (χ4n) is 1.29. The number of hydrogen-bond donors (Lipinski definition) is 2. The number of anilines is 1. The third kappa shape index (κ3) is 3.20. The van der Waals surface area contributed by atoms with Crippen LogP contribution in [0.25, 0.3) is 0 Å². The molecule has 0 saturated heterocycles. The molecule has 16 heavy (non-hydrogen) atoms. The summed E-state index contributed by atoms with van der Waals surface area (Å²) < 4.78 is 5.26. The van der Waals surface area contributed by atoms with Crippen molar-refractivity contribution in [1.29, 1.82) is 0 Å². The molecule has 0 radical (unpaired) electrons. The van der Waals surface area contributed by atoms with Gasteiger partial charge in [-0.1, -0.05) is 6.92 Å². The number of nitrogens with one attached hydrogen (secondary N) is 1. The van der Waals surface area contributed by atoms with E-state index in [0.717, 1.165) is 0 Å². The third-order valence-electron chi connectivity index (χ3n) is 2.09. The minimum atomic E-state index is -0.488. The number of hydrogen-bond acceptors (Lipinski definition) is 4. The summed E-state index contributed by atoms with van der Waals surface area (Å²) in [5.41, 5.74) is 0.346. The van der Waals surface area contributed by atoms with E-state index < -0.39 is 6.10 Å². The van der Waals surface area contributed by atoms with Crippen molar-refractivity contribution < 1.29 is 14.6 Å². The van der Waals surface area contributed by atoms with Crippen LogP contribution in [0.15, 0.2) is 18.5 Å². The van der Waals surface area contributed by atoms with E-state index in [-0.39, 0.29) is 11.7 Å². The molecule has 2 N–H and O–H groups in total. The van der Waals surface area contributed by atoms with E-state index >= 15 is 0 Å². The van der Waals surface area contributed by atoms with Crippen LogP contribution in [-0.4, -0.2) is 28.7 Å². The number of aromatic hydroxyl groups is 1. The van der Waals surface area contributed by atoms with Crippen molar-refractivity contribution in [1.82, 2.24) is 4.98 Å². The molecule has 1 aromatic heterocycles. The average molecular weight is 224 g/mol. The largest absolute Gasteiger partial charge is 0.504 e. The predicted octanol–water partition coefficient (Wildman–Crippen LogP) is 1.54. The predicted molar refractivity (Wildman–Crippen MR) is 60.2 cm³/mol. The molecule has 1 amide bonds. The van der Waals surface area contributed by atoms with Gasteiger partial charge >= 0.3 is 0 Å². The molecular formula is C11H16N2O3. The van der Waals surface area contributed by atoms with Crippen molar-refractivity contribution in [3.63, 3.8) is 0 Å². The lowest BCUT2D eigenvalue weighted by molar-refractivity contribution is -0.127. The molecule has 1 rings (SSSR count). The summed E-state index contributed by atoms with van der Waals surface area (Å²) in [6.45, 7) is 4.18. The van der Waals surface area contributed by atoms with E-state index in [1.54, 1.807) is 0 Å². The first-order valence-corrected chi connectivity index (χ1v) is 5.24. The van der Waals surface area contributed by atoms with Gasteiger partial charge in [-0.05, 0) is 19.4 Å². The van der Waals surface area contributed by atoms with Gasteiger partial charge in [-0.2, -0.15) is 0 Å². The van der Waals surface area contributed by atoms with Crippen LogP contribution in [0.5, 0.6) is 5.75 Å². The van der Waals surface area contributed by atoms with E-state index in [1.807, 2.05) is 13.8 Å². The SMILES string of the molecule is CCO[C@H](CC)C(=O)Nc1ccncc1O. The van der Waals surface area contributed by atoms with Crippen molar-refractivity contribution in [2.24, 2.45) is 0 Å². The van der Waals surface area contributed by atoms with E-state index in [4.69, 9.17) is 4.74 Å². The summed E-state index contributed by atoms with van der Waals surface area (Å²) in [5, 5.41) is 12.0. The maximum atomic E-state index is 11.7. The van der Waals surface area contributed by atoms with Crippen molar-refractivity contribution in [2.75, 3.05) is 11.9 Å². The fraction of sp³-hybridized carbons (Fsp3) is 0.455. The molecular weight excluding hydrogens is 208 g/mol. The summed E-state index contributed by atoms with van der Waals surface area (Å²) >= 11 is 0. The van der Waals surface area contributed by atoms with E-state index in [1.165, 1.54) is 18.5 Å². The van der Waals surface area contributed by atoms with Gasteiger partial charge in [0.1, 0.15) is 6.10 Å². The first kappa shape index (κ1) is 12.4. The molecule has 0 fully saturated rings. The third-order valence-corrected chi connectivity index (χ3v) is 2.09. The van der Waals surface area contributed by atoms with Gasteiger partial charge in [-0.25, -0.2) is 0 Å². The average Bonchev–Trinajstić information content (AvgIpc) is 2.29. The van der Waals surface area contributed by atoms with Gasteiger partial charge in [0.05, 0.1) is 11.9 Å². The smallest absolute Gasteiger partial charge is 0.253 e. The van der Waals surface area contributed by atoms with Gasteiger partial charge in [-0.15, -0.1) is 0 Å². The molecule has 1 aromatic rings. The molecule has 1 heterocycles. The Morgan fingerprint density at radius 1 is 1.62 bits per heavy atom. The summed E-state index contributed by atoms with van der Waals surface area (Å²) in [6.07, 6.45) is 2.87. The Balaban J connectivity index is 2.66. The molecule has 88 valence electrons. The van der Waals surface area contributed by atoms with Crippen LogP contribution in [0.1, 0.15) is 20.3 Å². The summed E-state index contributed by atoms with van der Waals surface area (Å²) in [7, 11) is 0. The Morgan fingerprint density at radius 3 is 2.94 bits per heavy atom. The fourth-order valence-corrected chi connectivity index (χ4v) is 1.29. The van der Waals surface area contributed by atoms with Gasteiger partial charge in [0.25, 0.3) is 5.91 Å². The topological polar surface area (TPSA) is 71.5 Å². The number of pyridine rings is 1. The second kappa shape index (κ2) is 6.07. The molecule has 0 saturated carbocycles.